The van der Waals surface area contributed by atoms with Crippen molar-refractivity contribution in [3.05, 3.63) is 41.0 Å². The number of allylic oxidation sites excluding steroid dienone is 1. The lowest BCUT2D eigenvalue weighted by Crippen LogP contribution is -2.48. The molecule has 3 aliphatic rings. The predicted octanol–water partition coefficient (Wildman–Crippen LogP) is 4.01. The fourth-order valence-corrected chi connectivity index (χ4v) is 5.33. The summed E-state index contributed by atoms with van der Waals surface area (Å²) >= 11 is 0. The number of carbonyl (C=O) groups excluding carboxylic acids is 1. The molecule has 98 valence electrons. The minimum atomic E-state index is -0.0804. The van der Waals surface area contributed by atoms with Gasteiger partial charge in [0.2, 0.25) is 0 Å². The molecule has 0 amide bonds. The van der Waals surface area contributed by atoms with Crippen LogP contribution in [-0.4, -0.2) is 5.78 Å². The molecule has 0 spiro atoms. The zero-order chi connectivity index (χ0) is 13.6. The lowest BCUT2D eigenvalue weighted by atomic mass is 9.53. The highest BCUT2D eigenvalue weighted by molar-refractivity contribution is 6.11. The molecule has 0 heterocycles. The van der Waals surface area contributed by atoms with E-state index in [2.05, 4.69) is 58.0 Å². The third-order valence-corrected chi connectivity index (χ3v) is 6.66. The van der Waals surface area contributed by atoms with Crippen molar-refractivity contribution in [1.29, 1.82) is 0 Å². The Morgan fingerprint density at radius 2 is 1.79 bits per heavy atom. The van der Waals surface area contributed by atoms with Crippen molar-refractivity contribution in [2.24, 2.45) is 22.2 Å². The van der Waals surface area contributed by atoms with Crippen molar-refractivity contribution in [2.75, 3.05) is 0 Å². The fraction of sp³-hybridized carbons (Fsp3) is 0.500. The van der Waals surface area contributed by atoms with Gasteiger partial charge in [0, 0.05) is 16.9 Å². The first-order valence-electron chi connectivity index (χ1n) is 7.18. The Morgan fingerprint density at radius 1 is 1.16 bits per heavy atom. The number of fused-ring (bicyclic) bond motifs is 1. The molecule has 0 N–H and O–H groups in total. The van der Waals surface area contributed by atoms with E-state index in [9.17, 15) is 4.79 Å². The summed E-state index contributed by atoms with van der Waals surface area (Å²) in [6.45, 7) is 8.93. The molecule has 19 heavy (non-hydrogen) atoms. The summed E-state index contributed by atoms with van der Waals surface area (Å²) in [6, 6.07) is 8.46. The summed E-state index contributed by atoms with van der Waals surface area (Å²) in [4.78, 5) is 12.7. The van der Waals surface area contributed by atoms with E-state index in [1.165, 1.54) is 5.56 Å². The van der Waals surface area contributed by atoms with Gasteiger partial charge in [0.05, 0.1) is 0 Å². The molecule has 1 aromatic rings. The Labute approximate surface area is 114 Å². The van der Waals surface area contributed by atoms with Crippen LogP contribution in [0, 0.1) is 29.1 Å². The van der Waals surface area contributed by atoms with Crippen LogP contribution in [0.2, 0.25) is 0 Å². The minimum absolute atomic E-state index is 0.0804. The number of carbonyl (C=O) groups is 1. The number of benzene rings is 1. The lowest BCUT2D eigenvalue weighted by Gasteiger charge is -2.48. The zero-order valence-corrected chi connectivity index (χ0v) is 12.1. The van der Waals surface area contributed by atoms with Gasteiger partial charge in [0.1, 0.15) is 0 Å². The van der Waals surface area contributed by atoms with Gasteiger partial charge < -0.3 is 0 Å². The first kappa shape index (κ1) is 11.5. The summed E-state index contributed by atoms with van der Waals surface area (Å²) in [6.07, 6.45) is 3.23. The van der Waals surface area contributed by atoms with E-state index in [0.29, 0.717) is 17.1 Å². The van der Waals surface area contributed by atoms with E-state index in [-0.39, 0.29) is 10.8 Å². The molecule has 4 atom stereocenters. The van der Waals surface area contributed by atoms with Gasteiger partial charge in [-0.2, -0.15) is 0 Å². The molecular weight excluding hydrogens is 232 g/mol. The Bertz CT molecular complexity index is 638. The maximum absolute atomic E-state index is 12.7. The standard InChI is InChI=1S/C18H20O/c1-11-5-7-12(8-6-11)9-13-14-16(2)10-17(3,15(13)19)18(14,16)4/h5-9,14H,10H2,1-4H3/b13-9-. The summed E-state index contributed by atoms with van der Waals surface area (Å²) in [5.41, 5.74) is 4.07. The predicted molar refractivity (Wildman–Crippen MR) is 76.6 cm³/mol. The third kappa shape index (κ3) is 0.968. The molecule has 0 radical (unpaired) electrons. The van der Waals surface area contributed by atoms with Crippen molar-refractivity contribution in [2.45, 2.75) is 34.1 Å². The number of aryl methyl sites for hydroxylation is 1. The van der Waals surface area contributed by atoms with Crippen LogP contribution in [0.4, 0.5) is 0 Å². The van der Waals surface area contributed by atoms with Crippen LogP contribution in [0.15, 0.2) is 29.8 Å². The number of rotatable bonds is 1. The molecule has 0 aromatic heterocycles. The monoisotopic (exact) mass is 252 g/mol. The van der Waals surface area contributed by atoms with E-state index in [1.807, 2.05) is 0 Å². The van der Waals surface area contributed by atoms with Crippen molar-refractivity contribution in [1.82, 2.24) is 0 Å². The van der Waals surface area contributed by atoms with Gasteiger partial charge in [-0.1, -0.05) is 50.6 Å². The van der Waals surface area contributed by atoms with Crippen molar-refractivity contribution in [3.63, 3.8) is 0 Å². The van der Waals surface area contributed by atoms with Crippen LogP contribution in [0.5, 0.6) is 0 Å². The minimum Gasteiger partial charge on any atom is -0.294 e. The molecule has 3 saturated carbocycles. The maximum Gasteiger partial charge on any atom is 0.165 e. The Hall–Kier alpha value is -1.37. The average Bonchev–Trinajstić information content (AvgIpc) is 2.71. The molecule has 1 nitrogen and oxygen atoms in total. The second kappa shape index (κ2) is 2.87. The highest BCUT2D eigenvalue weighted by Gasteiger charge is 2.92. The summed E-state index contributed by atoms with van der Waals surface area (Å²) < 4.78 is 0. The molecule has 1 aromatic carbocycles. The van der Waals surface area contributed by atoms with Gasteiger partial charge in [-0.05, 0) is 35.8 Å². The van der Waals surface area contributed by atoms with Crippen LogP contribution < -0.4 is 0 Å². The highest BCUT2D eigenvalue weighted by atomic mass is 16.1. The highest BCUT2D eigenvalue weighted by Crippen LogP contribution is 2.94. The molecule has 4 unspecified atom stereocenters. The van der Waals surface area contributed by atoms with E-state index >= 15 is 0 Å². The lowest BCUT2D eigenvalue weighted by molar-refractivity contribution is -0.136. The van der Waals surface area contributed by atoms with Gasteiger partial charge >= 0.3 is 0 Å². The summed E-state index contributed by atoms with van der Waals surface area (Å²) in [5.74, 6) is 0.906. The van der Waals surface area contributed by atoms with E-state index in [0.717, 1.165) is 17.6 Å². The van der Waals surface area contributed by atoms with Crippen LogP contribution in [-0.2, 0) is 4.79 Å². The van der Waals surface area contributed by atoms with Crippen LogP contribution in [0.3, 0.4) is 0 Å². The van der Waals surface area contributed by atoms with Crippen LogP contribution >= 0.6 is 0 Å². The third-order valence-electron chi connectivity index (χ3n) is 6.66. The van der Waals surface area contributed by atoms with Gasteiger partial charge in [0.25, 0.3) is 0 Å². The molecule has 0 saturated heterocycles. The van der Waals surface area contributed by atoms with Gasteiger partial charge in [-0.15, -0.1) is 0 Å². The van der Waals surface area contributed by atoms with Gasteiger partial charge in [-0.25, -0.2) is 0 Å². The molecule has 3 fully saturated rings. The van der Waals surface area contributed by atoms with Crippen molar-refractivity contribution in [3.8, 4) is 0 Å². The first-order valence-corrected chi connectivity index (χ1v) is 7.18. The molecule has 0 bridgehead atoms. The number of Topliss-reactive ketones (excluding diaryl/α,β-unsaturated/α-hetero) is 1. The SMILES string of the molecule is Cc1ccc(/C=C2\C(=O)C3(C)CC4(C)C2C34C)cc1. The van der Waals surface area contributed by atoms with Gasteiger partial charge in [-0.3, -0.25) is 4.79 Å². The van der Waals surface area contributed by atoms with E-state index in [4.69, 9.17) is 0 Å². The van der Waals surface area contributed by atoms with Crippen molar-refractivity contribution >= 4 is 11.9 Å². The molecule has 0 aliphatic heterocycles. The van der Waals surface area contributed by atoms with Crippen molar-refractivity contribution < 1.29 is 4.79 Å². The van der Waals surface area contributed by atoms with Crippen LogP contribution in [0.25, 0.3) is 6.08 Å². The average molecular weight is 252 g/mol. The number of hydrogen-bond acceptors (Lipinski definition) is 1. The number of hydrogen-bond donors (Lipinski definition) is 0. The van der Waals surface area contributed by atoms with E-state index < -0.39 is 0 Å². The maximum atomic E-state index is 12.7. The molecular formula is C18H20O. The smallest absolute Gasteiger partial charge is 0.165 e. The topological polar surface area (TPSA) is 17.1 Å². The molecule has 3 aliphatic carbocycles. The van der Waals surface area contributed by atoms with Gasteiger partial charge in [0.15, 0.2) is 5.78 Å². The first-order chi connectivity index (χ1) is 8.84. The zero-order valence-electron chi connectivity index (χ0n) is 12.1. The molecule has 4 rings (SSSR count). The van der Waals surface area contributed by atoms with Crippen LogP contribution in [0.1, 0.15) is 38.3 Å². The largest absolute Gasteiger partial charge is 0.294 e. The van der Waals surface area contributed by atoms with E-state index in [1.54, 1.807) is 0 Å². The quantitative estimate of drug-likeness (QED) is 0.690. The second-order valence-electron chi connectivity index (χ2n) is 7.40. The summed E-state index contributed by atoms with van der Waals surface area (Å²) in [7, 11) is 0. The second-order valence-corrected chi connectivity index (χ2v) is 7.40. The Balaban J connectivity index is 1.78. The summed E-state index contributed by atoms with van der Waals surface area (Å²) in [5, 5.41) is 0. The Kier molecular flexibility index (Phi) is 1.73. The fourth-order valence-electron chi connectivity index (χ4n) is 5.33. The number of ketones is 1. The molecule has 1 heteroatoms. The Morgan fingerprint density at radius 3 is 2.37 bits per heavy atom. The normalized spacial score (nSPS) is 48.1.